The first-order valence-corrected chi connectivity index (χ1v) is 5.21. The van der Waals surface area contributed by atoms with Crippen molar-refractivity contribution in [2.45, 2.75) is 51.1 Å². The van der Waals surface area contributed by atoms with Crippen molar-refractivity contribution < 1.29 is 0 Å². The van der Waals surface area contributed by atoms with Gasteiger partial charge in [0.1, 0.15) is 0 Å². The molecule has 2 fully saturated rings. The Kier molecular flexibility index (Phi) is 2.22. The molecule has 0 aromatic carbocycles. The van der Waals surface area contributed by atoms with E-state index in [0.717, 1.165) is 5.92 Å². The summed E-state index contributed by atoms with van der Waals surface area (Å²) >= 11 is 0. The molecule has 0 aromatic heterocycles. The maximum atomic E-state index is 4.17. The molecule has 1 heterocycles. The van der Waals surface area contributed by atoms with Crippen LogP contribution in [0.4, 0.5) is 0 Å². The average Bonchev–Trinajstić information content (AvgIpc) is 2.07. The number of fused-ring (bicyclic) bond motifs is 1. The van der Waals surface area contributed by atoms with E-state index in [1.165, 1.54) is 37.7 Å². The Hall–Kier alpha value is -0.300. The molecule has 2 rings (SSSR count). The van der Waals surface area contributed by atoms with Gasteiger partial charge >= 0.3 is 0 Å². The Labute approximate surface area is 75.2 Å². The molecule has 3 unspecified atom stereocenters. The molecule has 0 bridgehead atoms. The van der Waals surface area contributed by atoms with E-state index in [1.54, 1.807) is 0 Å². The zero-order valence-corrected chi connectivity index (χ0v) is 7.97. The molecule has 0 spiro atoms. The SMILES string of the molecule is C=C1CCCC2CCC(C)NC12. The van der Waals surface area contributed by atoms with E-state index < -0.39 is 0 Å². The van der Waals surface area contributed by atoms with Crippen molar-refractivity contribution in [3.05, 3.63) is 12.2 Å². The third-order valence-electron chi connectivity index (χ3n) is 3.42. The first-order valence-electron chi connectivity index (χ1n) is 5.21. The van der Waals surface area contributed by atoms with Crippen molar-refractivity contribution in [3.8, 4) is 0 Å². The fraction of sp³-hybridized carbons (Fsp3) is 0.818. The van der Waals surface area contributed by atoms with Crippen LogP contribution in [-0.2, 0) is 0 Å². The van der Waals surface area contributed by atoms with Gasteiger partial charge in [0.2, 0.25) is 0 Å². The van der Waals surface area contributed by atoms with Crippen LogP contribution < -0.4 is 5.32 Å². The molecule has 1 heteroatoms. The van der Waals surface area contributed by atoms with Crippen LogP contribution in [0.2, 0.25) is 0 Å². The quantitative estimate of drug-likeness (QED) is 0.544. The summed E-state index contributed by atoms with van der Waals surface area (Å²) < 4.78 is 0. The van der Waals surface area contributed by atoms with E-state index in [2.05, 4.69) is 18.8 Å². The molecule has 0 amide bonds. The maximum absolute atomic E-state index is 4.17. The lowest BCUT2D eigenvalue weighted by atomic mass is 9.76. The highest BCUT2D eigenvalue weighted by molar-refractivity contribution is 5.12. The summed E-state index contributed by atoms with van der Waals surface area (Å²) in [4.78, 5) is 0. The minimum Gasteiger partial charge on any atom is -0.308 e. The van der Waals surface area contributed by atoms with Crippen LogP contribution in [0.3, 0.4) is 0 Å². The number of hydrogen-bond acceptors (Lipinski definition) is 1. The second-order valence-corrected chi connectivity index (χ2v) is 4.43. The molecule has 0 aromatic rings. The Bertz CT molecular complexity index is 185. The van der Waals surface area contributed by atoms with Crippen LogP contribution >= 0.6 is 0 Å². The van der Waals surface area contributed by atoms with Gasteiger partial charge in [0.05, 0.1) is 0 Å². The Morgan fingerprint density at radius 2 is 2.17 bits per heavy atom. The summed E-state index contributed by atoms with van der Waals surface area (Å²) in [6.07, 6.45) is 6.81. The summed E-state index contributed by atoms with van der Waals surface area (Å²) in [5.41, 5.74) is 1.46. The zero-order chi connectivity index (χ0) is 8.55. The molecule has 1 aliphatic heterocycles. The lowest BCUT2D eigenvalue weighted by Gasteiger charge is -2.40. The Morgan fingerprint density at radius 3 is 3.00 bits per heavy atom. The predicted molar refractivity (Wildman–Crippen MR) is 52.1 cm³/mol. The lowest BCUT2D eigenvalue weighted by Crippen LogP contribution is -2.48. The minimum atomic E-state index is 0.655. The van der Waals surface area contributed by atoms with Gasteiger partial charge in [-0.15, -0.1) is 0 Å². The van der Waals surface area contributed by atoms with Gasteiger partial charge in [-0.1, -0.05) is 12.2 Å². The monoisotopic (exact) mass is 165 g/mol. The van der Waals surface area contributed by atoms with Crippen LogP contribution in [0.1, 0.15) is 39.0 Å². The summed E-state index contributed by atoms with van der Waals surface area (Å²) in [6, 6.07) is 1.36. The van der Waals surface area contributed by atoms with Crippen molar-refractivity contribution in [3.63, 3.8) is 0 Å². The topological polar surface area (TPSA) is 12.0 Å². The van der Waals surface area contributed by atoms with Crippen molar-refractivity contribution in [2.75, 3.05) is 0 Å². The predicted octanol–water partition coefficient (Wildman–Crippen LogP) is 2.48. The van der Waals surface area contributed by atoms with E-state index in [-0.39, 0.29) is 0 Å². The van der Waals surface area contributed by atoms with Crippen LogP contribution in [0, 0.1) is 5.92 Å². The molecular weight excluding hydrogens is 146 g/mol. The number of hydrogen-bond donors (Lipinski definition) is 1. The first-order chi connectivity index (χ1) is 5.77. The molecule has 1 nitrogen and oxygen atoms in total. The molecular formula is C11H19N. The molecule has 3 atom stereocenters. The van der Waals surface area contributed by atoms with Crippen LogP contribution in [0.25, 0.3) is 0 Å². The van der Waals surface area contributed by atoms with Crippen molar-refractivity contribution in [2.24, 2.45) is 5.92 Å². The summed E-state index contributed by atoms with van der Waals surface area (Å²) in [5.74, 6) is 0.905. The summed E-state index contributed by atoms with van der Waals surface area (Å²) in [5, 5.41) is 3.67. The van der Waals surface area contributed by atoms with Gasteiger partial charge in [-0.3, -0.25) is 0 Å². The highest BCUT2D eigenvalue weighted by Crippen LogP contribution is 2.34. The van der Waals surface area contributed by atoms with E-state index >= 15 is 0 Å². The van der Waals surface area contributed by atoms with Gasteiger partial charge in [0, 0.05) is 12.1 Å². The summed E-state index contributed by atoms with van der Waals surface area (Å²) in [7, 11) is 0. The van der Waals surface area contributed by atoms with Gasteiger partial charge in [-0.25, -0.2) is 0 Å². The Balaban J connectivity index is 2.05. The zero-order valence-electron chi connectivity index (χ0n) is 7.97. The highest BCUT2D eigenvalue weighted by atomic mass is 15.0. The van der Waals surface area contributed by atoms with E-state index in [9.17, 15) is 0 Å². The lowest BCUT2D eigenvalue weighted by molar-refractivity contribution is 0.225. The molecule has 12 heavy (non-hydrogen) atoms. The van der Waals surface area contributed by atoms with Gasteiger partial charge in [0.25, 0.3) is 0 Å². The number of nitrogens with one attached hydrogen (secondary N) is 1. The molecule has 0 radical (unpaired) electrons. The van der Waals surface area contributed by atoms with Gasteiger partial charge in [-0.2, -0.15) is 0 Å². The van der Waals surface area contributed by atoms with Crippen LogP contribution in [0.5, 0.6) is 0 Å². The van der Waals surface area contributed by atoms with Crippen molar-refractivity contribution in [1.29, 1.82) is 0 Å². The first kappa shape index (κ1) is 8.31. The van der Waals surface area contributed by atoms with Gasteiger partial charge in [-0.05, 0) is 44.9 Å². The van der Waals surface area contributed by atoms with Crippen molar-refractivity contribution >= 4 is 0 Å². The number of rotatable bonds is 0. The molecule has 2 aliphatic rings. The van der Waals surface area contributed by atoms with E-state index in [1.807, 2.05) is 0 Å². The Morgan fingerprint density at radius 1 is 1.33 bits per heavy atom. The molecule has 1 N–H and O–H groups in total. The van der Waals surface area contributed by atoms with E-state index in [0.29, 0.717) is 12.1 Å². The maximum Gasteiger partial charge on any atom is 0.0307 e. The average molecular weight is 165 g/mol. The standard InChI is InChI=1S/C11H19N/c1-8-4-3-5-10-7-6-9(2)12-11(8)10/h9-12H,1,3-7H2,2H3. The smallest absolute Gasteiger partial charge is 0.0307 e. The highest BCUT2D eigenvalue weighted by Gasteiger charge is 2.31. The molecule has 1 aliphatic carbocycles. The molecule has 1 saturated heterocycles. The van der Waals surface area contributed by atoms with E-state index in [4.69, 9.17) is 0 Å². The van der Waals surface area contributed by atoms with Crippen LogP contribution in [0.15, 0.2) is 12.2 Å². The third kappa shape index (κ3) is 1.42. The van der Waals surface area contributed by atoms with Gasteiger partial charge in [0.15, 0.2) is 0 Å². The minimum absolute atomic E-state index is 0.655. The van der Waals surface area contributed by atoms with Gasteiger partial charge < -0.3 is 5.32 Å². The molecule has 68 valence electrons. The van der Waals surface area contributed by atoms with Crippen LogP contribution in [-0.4, -0.2) is 12.1 Å². The second-order valence-electron chi connectivity index (χ2n) is 4.43. The third-order valence-corrected chi connectivity index (χ3v) is 3.42. The molecule has 1 saturated carbocycles. The number of piperidine rings is 1. The fourth-order valence-electron chi connectivity index (χ4n) is 2.67. The summed E-state index contributed by atoms with van der Waals surface area (Å²) in [6.45, 7) is 6.46. The fourth-order valence-corrected chi connectivity index (χ4v) is 2.67. The second kappa shape index (κ2) is 3.21. The largest absolute Gasteiger partial charge is 0.308 e. The van der Waals surface area contributed by atoms with Crippen molar-refractivity contribution in [1.82, 2.24) is 5.32 Å². The normalized spacial score (nSPS) is 42.4.